The van der Waals surface area contributed by atoms with Crippen LogP contribution in [-0.4, -0.2) is 29.7 Å². The third-order valence-corrected chi connectivity index (χ3v) is 2.87. The number of hydrogen-bond donors (Lipinski definition) is 3. The van der Waals surface area contributed by atoms with E-state index in [2.05, 4.69) is 12.2 Å². The molecule has 2 atom stereocenters. The highest BCUT2D eigenvalue weighted by atomic mass is 16.3. The van der Waals surface area contributed by atoms with E-state index in [-0.39, 0.29) is 18.6 Å². The lowest BCUT2D eigenvalue weighted by Gasteiger charge is -2.21. The Morgan fingerprint density at radius 3 is 2.73 bits per heavy atom. The van der Waals surface area contributed by atoms with Gasteiger partial charge in [-0.05, 0) is 19.3 Å². The van der Waals surface area contributed by atoms with Crippen molar-refractivity contribution < 1.29 is 9.90 Å². The Morgan fingerprint density at radius 1 is 1.60 bits per heavy atom. The molecule has 0 radical (unpaired) electrons. The van der Waals surface area contributed by atoms with Gasteiger partial charge in [0.05, 0.1) is 12.5 Å². The molecule has 0 spiro atoms. The van der Waals surface area contributed by atoms with Crippen molar-refractivity contribution in [2.24, 2.45) is 11.7 Å². The van der Waals surface area contributed by atoms with Crippen molar-refractivity contribution in [3.05, 3.63) is 0 Å². The van der Waals surface area contributed by atoms with Crippen LogP contribution in [0.4, 0.5) is 0 Å². The van der Waals surface area contributed by atoms with E-state index in [1.807, 2.05) is 0 Å². The summed E-state index contributed by atoms with van der Waals surface area (Å²) in [7, 11) is 0. The van der Waals surface area contributed by atoms with Gasteiger partial charge >= 0.3 is 0 Å². The average Bonchev–Trinajstić information content (AvgIpc) is 2.99. The van der Waals surface area contributed by atoms with Crippen LogP contribution in [0.1, 0.15) is 39.0 Å². The highest BCUT2D eigenvalue weighted by Gasteiger charge is 2.30. The maximum absolute atomic E-state index is 11.7. The summed E-state index contributed by atoms with van der Waals surface area (Å²) >= 11 is 0. The van der Waals surface area contributed by atoms with Crippen LogP contribution in [0, 0.1) is 5.92 Å². The van der Waals surface area contributed by atoms with E-state index >= 15 is 0 Å². The van der Waals surface area contributed by atoms with E-state index in [0.29, 0.717) is 6.04 Å². The first-order valence-electron chi connectivity index (χ1n) is 5.85. The summed E-state index contributed by atoms with van der Waals surface area (Å²) in [5, 5.41) is 12.0. The minimum absolute atomic E-state index is 0.0800. The second kappa shape index (κ2) is 6.08. The van der Waals surface area contributed by atoms with Gasteiger partial charge in [0.1, 0.15) is 0 Å². The fourth-order valence-corrected chi connectivity index (χ4v) is 1.59. The number of nitrogens with two attached hydrogens (primary N) is 1. The number of aliphatic hydroxyl groups excluding tert-OH is 1. The predicted octanol–water partition coefficient (Wildman–Crippen LogP) is 0.391. The SMILES string of the molecule is CCCCC(N)C(CO)C(=O)NC1CC1. The first-order valence-corrected chi connectivity index (χ1v) is 5.85. The van der Waals surface area contributed by atoms with E-state index in [1.165, 1.54) is 0 Å². The predicted molar refractivity (Wildman–Crippen MR) is 59.2 cm³/mol. The zero-order valence-corrected chi connectivity index (χ0v) is 9.41. The maximum Gasteiger partial charge on any atom is 0.227 e. The van der Waals surface area contributed by atoms with Crippen molar-refractivity contribution in [1.82, 2.24) is 5.32 Å². The van der Waals surface area contributed by atoms with Crippen molar-refractivity contribution in [2.45, 2.75) is 51.1 Å². The molecule has 1 amide bonds. The monoisotopic (exact) mass is 214 g/mol. The average molecular weight is 214 g/mol. The molecule has 1 fully saturated rings. The summed E-state index contributed by atoms with van der Waals surface area (Å²) in [5.74, 6) is -0.513. The molecule has 0 heterocycles. The van der Waals surface area contributed by atoms with Gasteiger partial charge < -0.3 is 16.2 Å². The van der Waals surface area contributed by atoms with Crippen molar-refractivity contribution in [3.8, 4) is 0 Å². The normalized spacial score (nSPS) is 19.7. The van der Waals surface area contributed by atoms with Crippen LogP contribution in [0.25, 0.3) is 0 Å². The summed E-state index contributed by atoms with van der Waals surface area (Å²) in [4.78, 5) is 11.7. The molecule has 0 aromatic rings. The van der Waals surface area contributed by atoms with E-state index in [0.717, 1.165) is 32.1 Å². The van der Waals surface area contributed by atoms with E-state index < -0.39 is 5.92 Å². The zero-order valence-electron chi connectivity index (χ0n) is 9.41. The summed E-state index contributed by atoms with van der Waals surface area (Å²) in [6.45, 7) is 1.94. The van der Waals surface area contributed by atoms with Gasteiger partial charge in [0.15, 0.2) is 0 Å². The number of hydrogen-bond acceptors (Lipinski definition) is 3. The number of aliphatic hydroxyl groups is 1. The number of carbonyl (C=O) groups excluding carboxylic acids is 1. The highest BCUT2D eigenvalue weighted by Crippen LogP contribution is 2.20. The van der Waals surface area contributed by atoms with Crippen LogP contribution < -0.4 is 11.1 Å². The molecule has 15 heavy (non-hydrogen) atoms. The fourth-order valence-electron chi connectivity index (χ4n) is 1.59. The first-order chi connectivity index (χ1) is 7.19. The lowest BCUT2D eigenvalue weighted by molar-refractivity contribution is -0.127. The van der Waals surface area contributed by atoms with Crippen LogP contribution in [0.3, 0.4) is 0 Å². The molecule has 1 rings (SSSR count). The van der Waals surface area contributed by atoms with Crippen molar-refractivity contribution >= 4 is 5.91 Å². The molecular formula is C11H22N2O2. The Balaban J connectivity index is 2.33. The Kier molecular flexibility index (Phi) is 5.05. The quantitative estimate of drug-likeness (QED) is 0.574. The van der Waals surface area contributed by atoms with E-state index in [4.69, 9.17) is 10.8 Å². The van der Waals surface area contributed by atoms with Crippen LogP contribution in [0.2, 0.25) is 0 Å². The van der Waals surface area contributed by atoms with Gasteiger partial charge in [-0.15, -0.1) is 0 Å². The summed E-state index contributed by atoms with van der Waals surface area (Å²) in [5.41, 5.74) is 5.89. The topological polar surface area (TPSA) is 75.3 Å². The van der Waals surface area contributed by atoms with Crippen molar-refractivity contribution in [2.75, 3.05) is 6.61 Å². The third-order valence-electron chi connectivity index (χ3n) is 2.87. The Hall–Kier alpha value is -0.610. The largest absolute Gasteiger partial charge is 0.395 e. The molecule has 4 N–H and O–H groups in total. The lowest BCUT2D eigenvalue weighted by atomic mass is 9.95. The molecule has 0 bridgehead atoms. The first kappa shape index (κ1) is 12.5. The van der Waals surface area contributed by atoms with E-state index in [1.54, 1.807) is 0 Å². The Labute approximate surface area is 91.2 Å². The van der Waals surface area contributed by atoms with Crippen molar-refractivity contribution in [1.29, 1.82) is 0 Å². The number of rotatable bonds is 7. The molecule has 4 nitrogen and oxygen atoms in total. The standard InChI is InChI=1S/C11H22N2O2/c1-2-3-4-10(12)9(7-14)11(15)13-8-5-6-8/h8-10,14H,2-7,12H2,1H3,(H,13,15). The molecule has 88 valence electrons. The second-order valence-corrected chi connectivity index (χ2v) is 4.38. The zero-order chi connectivity index (χ0) is 11.3. The van der Waals surface area contributed by atoms with E-state index in [9.17, 15) is 4.79 Å². The third kappa shape index (κ3) is 4.18. The van der Waals surface area contributed by atoms with Crippen LogP contribution in [0.15, 0.2) is 0 Å². The maximum atomic E-state index is 11.7. The summed E-state index contributed by atoms with van der Waals surface area (Å²) in [6, 6.07) is 0.124. The molecule has 0 aromatic heterocycles. The van der Waals surface area contributed by atoms with Crippen LogP contribution >= 0.6 is 0 Å². The van der Waals surface area contributed by atoms with Gasteiger partial charge in [-0.25, -0.2) is 0 Å². The molecule has 0 aromatic carbocycles. The molecule has 1 aliphatic rings. The fraction of sp³-hybridized carbons (Fsp3) is 0.909. The Bertz CT molecular complexity index is 205. The van der Waals surface area contributed by atoms with Gasteiger partial charge in [-0.1, -0.05) is 19.8 Å². The minimum atomic E-state index is -0.433. The lowest BCUT2D eigenvalue weighted by Crippen LogP contribution is -2.44. The molecular weight excluding hydrogens is 192 g/mol. The van der Waals surface area contributed by atoms with Crippen LogP contribution in [-0.2, 0) is 4.79 Å². The molecule has 1 aliphatic carbocycles. The number of nitrogens with one attached hydrogen (secondary N) is 1. The molecule has 4 heteroatoms. The minimum Gasteiger partial charge on any atom is -0.395 e. The molecule has 1 saturated carbocycles. The summed E-state index contributed by atoms with van der Waals surface area (Å²) < 4.78 is 0. The van der Waals surface area contributed by atoms with Gasteiger partial charge in [0, 0.05) is 12.1 Å². The highest BCUT2D eigenvalue weighted by molar-refractivity contribution is 5.80. The number of carbonyl (C=O) groups is 1. The number of unbranched alkanes of at least 4 members (excludes halogenated alkanes) is 1. The molecule has 2 unspecified atom stereocenters. The van der Waals surface area contributed by atoms with Gasteiger partial charge in [-0.3, -0.25) is 4.79 Å². The number of amides is 1. The van der Waals surface area contributed by atoms with Crippen molar-refractivity contribution in [3.63, 3.8) is 0 Å². The Morgan fingerprint density at radius 2 is 2.27 bits per heavy atom. The molecule has 0 aliphatic heterocycles. The molecule has 0 saturated heterocycles. The van der Waals surface area contributed by atoms with Gasteiger partial charge in [-0.2, -0.15) is 0 Å². The summed E-state index contributed by atoms with van der Waals surface area (Å²) in [6.07, 6.45) is 5.01. The van der Waals surface area contributed by atoms with Gasteiger partial charge in [0.25, 0.3) is 0 Å². The van der Waals surface area contributed by atoms with Crippen LogP contribution in [0.5, 0.6) is 0 Å². The van der Waals surface area contributed by atoms with Gasteiger partial charge in [0.2, 0.25) is 5.91 Å². The smallest absolute Gasteiger partial charge is 0.227 e. The second-order valence-electron chi connectivity index (χ2n) is 4.38.